The van der Waals surface area contributed by atoms with Gasteiger partial charge in [-0.25, -0.2) is 5.43 Å². The Bertz CT molecular complexity index is 422. The summed E-state index contributed by atoms with van der Waals surface area (Å²) in [6, 6.07) is 7.83. The highest BCUT2D eigenvalue weighted by Crippen LogP contribution is 2.24. The van der Waals surface area contributed by atoms with Gasteiger partial charge in [-0.15, -0.1) is 0 Å². The molecule has 2 rings (SSSR count). The number of hydrogen-bond acceptors (Lipinski definition) is 2. The average molecular weight is 270 g/mol. The molecule has 0 aromatic heterocycles. The first-order valence-corrected chi connectivity index (χ1v) is 6.44. The van der Waals surface area contributed by atoms with Gasteiger partial charge in [0.05, 0.1) is 0 Å². The van der Waals surface area contributed by atoms with E-state index in [1.54, 1.807) is 0 Å². The molecule has 0 aliphatic carbocycles. The van der Waals surface area contributed by atoms with E-state index in [0.717, 1.165) is 22.2 Å². The lowest BCUT2D eigenvalue weighted by Crippen LogP contribution is -2.33. The zero-order valence-corrected chi connectivity index (χ0v) is 11.5. The van der Waals surface area contributed by atoms with E-state index in [1.165, 1.54) is 0 Å². The number of hydrazine groups is 1. The van der Waals surface area contributed by atoms with Crippen molar-refractivity contribution in [1.29, 1.82) is 0 Å². The Balaban J connectivity index is 2.22. The van der Waals surface area contributed by atoms with Crippen molar-refractivity contribution in [2.45, 2.75) is 20.0 Å². The minimum atomic E-state index is 0.0589. The molecule has 17 heavy (non-hydrogen) atoms. The van der Waals surface area contributed by atoms with Gasteiger partial charge in [-0.2, -0.15) is 0 Å². The van der Waals surface area contributed by atoms with Gasteiger partial charge in [0.1, 0.15) is 6.17 Å². The molecule has 92 valence electrons. The molecule has 0 spiro atoms. The average Bonchev–Trinajstić information content (AvgIpc) is 2.60. The van der Waals surface area contributed by atoms with Crippen molar-refractivity contribution in [2.75, 3.05) is 6.54 Å². The van der Waals surface area contributed by atoms with Gasteiger partial charge in [0.25, 0.3) is 0 Å². The fourth-order valence-corrected chi connectivity index (χ4v) is 2.36. The third kappa shape index (κ3) is 2.89. The molecular weight excluding hydrogens is 254 g/mol. The Morgan fingerprint density at radius 3 is 2.88 bits per heavy atom. The molecule has 3 nitrogen and oxygen atoms in total. The number of rotatable bonds is 3. The van der Waals surface area contributed by atoms with Crippen molar-refractivity contribution in [3.05, 3.63) is 34.9 Å². The van der Waals surface area contributed by atoms with E-state index in [4.69, 9.17) is 23.8 Å². The highest BCUT2D eigenvalue weighted by molar-refractivity contribution is 7.80. The monoisotopic (exact) mass is 269 g/mol. The van der Waals surface area contributed by atoms with Crippen LogP contribution in [0.2, 0.25) is 5.02 Å². The van der Waals surface area contributed by atoms with Crippen LogP contribution in [0.1, 0.15) is 25.6 Å². The molecule has 1 atom stereocenters. The summed E-state index contributed by atoms with van der Waals surface area (Å²) in [5.41, 5.74) is 7.30. The highest BCUT2D eigenvalue weighted by atomic mass is 35.5. The number of halogens is 1. The second kappa shape index (κ2) is 5.21. The fourth-order valence-electron chi connectivity index (χ4n) is 1.92. The molecule has 0 amide bonds. The molecule has 1 saturated heterocycles. The van der Waals surface area contributed by atoms with E-state index in [2.05, 4.69) is 29.6 Å². The molecule has 1 aromatic carbocycles. The lowest BCUT2D eigenvalue weighted by atomic mass is 10.1. The van der Waals surface area contributed by atoms with Gasteiger partial charge in [-0.1, -0.05) is 37.6 Å². The molecular formula is C12H16ClN3S. The van der Waals surface area contributed by atoms with Crippen molar-refractivity contribution in [3.63, 3.8) is 0 Å². The Labute approximate surface area is 112 Å². The van der Waals surface area contributed by atoms with Crippen molar-refractivity contribution in [2.24, 2.45) is 5.92 Å². The standard InChI is InChI=1S/C12H16ClN3S/c1-8(2)7-16-11(14-15-12(16)17)9-4-3-5-10(13)6-9/h3-6,8,11,14H,7H2,1-2H3,(H,15,17). The second-order valence-corrected chi connectivity index (χ2v) is 5.40. The van der Waals surface area contributed by atoms with E-state index >= 15 is 0 Å². The van der Waals surface area contributed by atoms with Gasteiger partial charge in [-0.05, 0) is 35.8 Å². The summed E-state index contributed by atoms with van der Waals surface area (Å²) >= 11 is 11.3. The van der Waals surface area contributed by atoms with Gasteiger partial charge in [0.15, 0.2) is 5.11 Å². The maximum absolute atomic E-state index is 6.01. The van der Waals surface area contributed by atoms with Crippen LogP contribution in [0.4, 0.5) is 0 Å². The van der Waals surface area contributed by atoms with Crippen LogP contribution in [0, 0.1) is 5.92 Å². The predicted molar refractivity (Wildman–Crippen MR) is 74.6 cm³/mol. The minimum Gasteiger partial charge on any atom is -0.327 e. The summed E-state index contributed by atoms with van der Waals surface area (Å²) < 4.78 is 0. The molecule has 1 aromatic rings. The molecule has 5 heteroatoms. The summed E-state index contributed by atoms with van der Waals surface area (Å²) in [7, 11) is 0. The lowest BCUT2D eigenvalue weighted by Gasteiger charge is -2.26. The van der Waals surface area contributed by atoms with E-state index in [9.17, 15) is 0 Å². The summed E-state index contributed by atoms with van der Waals surface area (Å²) in [6.07, 6.45) is 0.0589. The first-order valence-electron chi connectivity index (χ1n) is 5.65. The molecule has 1 aliphatic heterocycles. The maximum Gasteiger partial charge on any atom is 0.185 e. The van der Waals surface area contributed by atoms with Crippen LogP contribution >= 0.6 is 23.8 Å². The van der Waals surface area contributed by atoms with Gasteiger partial charge in [0.2, 0.25) is 0 Å². The van der Waals surface area contributed by atoms with Crippen molar-refractivity contribution < 1.29 is 0 Å². The Morgan fingerprint density at radius 1 is 1.47 bits per heavy atom. The Hall–Kier alpha value is -0.840. The smallest absolute Gasteiger partial charge is 0.185 e. The van der Waals surface area contributed by atoms with Crippen molar-refractivity contribution in [1.82, 2.24) is 15.8 Å². The van der Waals surface area contributed by atoms with Crippen molar-refractivity contribution >= 4 is 28.9 Å². The molecule has 0 radical (unpaired) electrons. The van der Waals surface area contributed by atoms with Crippen molar-refractivity contribution in [3.8, 4) is 0 Å². The van der Waals surface area contributed by atoms with Crippen LogP contribution in [0.25, 0.3) is 0 Å². The molecule has 1 heterocycles. The lowest BCUT2D eigenvalue weighted by molar-refractivity contribution is 0.285. The SMILES string of the molecule is CC(C)CN1C(=S)NNC1c1cccc(Cl)c1. The predicted octanol–water partition coefficient (Wildman–Crippen LogP) is 2.69. The van der Waals surface area contributed by atoms with Gasteiger partial charge in [-0.3, -0.25) is 5.43 Å². The third-order valence-corrected chi connectivity index (χ3v) is 3.19. The van der Waals surface area contributed by atoms with E-state index in [1.807, 2.05) is 24.3 Å². The third-order valence-electron chi connectivity index (χ3n) is 2.61. The van der Waals surface area contributed by atoms with E-state index < -0.39 is 0 Å². The number of thiocarbonyl (C=S) groups is 1. The number of hydrogen-bond donors (Lipinski definition) is 2. The Kier molecular flexibility index (Phi) is 3.86. The van der Waals surface area contributed by atoms with Crippen LogP contribution in [0.15, 0.2) is 24.3 Å². The maximum atomic E-state index is 6.01. The fraction of sp³-hybridized carbons (Fsp3) is 0.417. The molecule has 0 bridgehead atoms. The number of nitrogens with zero attached hydrogens (tertiary/aromatic N) is 1. The molecule has 1 aliphatic rings. The van der Waals surface area contributed by atoms with Gasteiger partial charge >= 0.3 is 0 Å². The zero-order chi connectivity index (χ0) is 12.4. The van der Waals surface area contributed by atoms with Crippen LogP contribution in [0.5, 0.6) is 0 Å². The molecule has 1 fully saturated rings. The number of benzene rings is 1. The highest BCUT2D eigenvalue weighted by Gasteiger charge is 2.29. The van der Waals surface area contributed by atoms with E-state index in [0.29, 0.717) is 5.92 Å². The zero-order valence-electron chi connectivity index (χ0n) is 9.90. The first kappa shape index (κ1) is 12.6. The van der Waals surface area contributed by atoms with Gasteiger partial charge < -0.3 is 4.90 Å². The van der Waals surface area contributed by atoms with E-state index in [-0.39, 0.29) is 6.17 Å². The second-order valence-electron chi connectivity index (χ2n) is 4.58. The molecule has 1 unspecified atom stereocenters. The minimum absolute atomic E-state index is 0.0589. The van der Waals surface area contributed by atoms with Crippen LogP contribution in [0.3, 0.4) is 0 Å². The quantitative estimate of drug-likeness (QED) is 0.825. The normalized spacial score (nSPS) is 19.9. The van der Waals surface area contributed by atoms with Crippen LogP contribution < -0.4 is 10.9 Å². The summed E-state index contributed by atoms with van der Waals surface area (Å²) in [5.74, 6) is 0.552. The number of nitrogens with one attached hydrogen (secondary N) is 2. The largest absolute Gasteiger partial charge is 0.327 e. The van der Waals surface area contributed by atoms with Crippen LogP contribution in [-0.4, -0.2) is 16.6 Å². The van der Waals surface area contributed by atoms with Crippen LogP contribution in [-0.2, 0) is 0 Å². The summed E-state index contributed by atoms with van der Waals surface area (Å²) in [6.45, 7) is 5.27. The molecule has 0 saturated carbocycles. The summed E-state index contributed by atoms with van der Waals surface area (Å²) in [5, 5.41) is 1.48. The topological polar surface area (TPSA) is 27.3 Å². The van der Waals surface area contributed by atoms with Gasteiger partial charge in [0, 0.05) is 11.6 Å². The Morgan fingerprint density at radius 2 is 2.24 bits per heavy atom. The first-order chi connectivity index (χ1) is 8.08. The summed E-state index contributed by atoms with van der Waals surface area (Å²) in [4.78, 5) is 2.14. The molecule has 2 N–H and O–H groups in total.